The molecule has 4 aromatic rings. The van der Waals surface area contributed by atoms with Gasteiger partial charge < -0.3 is 18.8 Å². The number of methoxy groups -OCH3 is 2. The Morgan fingerprint density at radius 2 is 1.79 bits per heavy atom. The first-order valence-corrected chi connectivity index (χ1v) is 12.2. The molecule has 0 N–H and O–H groups in total. The number of oxazole rings is 1. The van der Waals surface area contributed by atoms with E-state index in [1.807, 2.05) is 37.3 Å². The molecule has 194 valence electrons. The zero-order valence-corrected chi connectivity index (χ0v) is 21.3. The highest BCUT2D eigenvalue weighted by Gasteiger charge is 2.45. The van der Waals surface area contributed by atoms with Crippen LogP contribution < -0.4 is 4.90 Å². The minimum Gasteiger partial charge on any atom is -0.436 e. The average Bonchev–Trinajstić information content (AvgIpc) is 3.49. The van der Waals surface area contributed by atoms with E-state index in [0.29, 0.717) is 28.3 Å². The molecule has 0 aliphatic carbocycles. The van der Waals surface area contributed by atoms with Crippen LogP contribution in [0.15, 0.2) is 77.2 Å². The van der Waals surface area contributed by atoms with Gasteiger partial charge in [-0.05, 0) is 55.5 Å². The van der Waals surface area contributed by atoms with E-state index in [9.17, 15) is 14.4 Å². The molecule has 1 saturated heterocycles. The summed E-state index contributed by atoms with van der Waals surface area (Å²) < 4.78 is 16.4. The zero-order valence-electron chi connectivity index (χ0n) is 21.3. The molecule has 5 rings (SSSR count). The molecule has 1 aliphatic heterocycles. The third kappa shape index (κ3) is 4.81. The first-order chi connectivity index (χ1) is 18.4. The lowest BCUT2D eigenvalue weighted by Crippen LogP contribution is -2.49. The van der Waals surface area contributed by atoms with Gasteiger partial charge in [-0.1, -0.05) is 29.8 Å². The van der Waals surface area contributed by atoms with Crippen LogP contribution in [0.2, 0.25) is 0 Å². The van der Waals surface area contributed by atoms with Gasteiger partial charge in [-0.25, -0.2) is 9.88 Å². The Labute approximate surface area is 219 Å². The molecule has 0 bridgehead atoms. The number of anilines is 1. The molecular formula is C29H27N3O6. The molecule has 9 nitrogen and oxygen atoms in total. The average molecular weight is 514 g/mol. The number of imide groups is 1. The fourth-order valence-corrected chi connectivity index (χ4v) is 4.58. The highest BCUT2D eigenvalue weighted by Crippen LogP contribution is 2.30. The normalized spacial score (nSPS) is 15.6. The summed E-state index contributed by atoms with van der Waals surface area (Å²) in [7, 11) is 2.91. The van der Waals surface area contributed by atoms with Crippen molar-refractivity contribution in [2.45, 2.75) is 25.7 Å². The van der Waals surface area contributed by atoms with Crippen molar-refractivity contribution in [1.29, 1.82) is 0 Å². The minimum atomic E-state index is -1.000. The number of ether oxygens (including phenoxy) is 2. The molecule has 1 aliphatic rings. The molecular weight excluding hydrogens is 486 g/mol. The van der Waals surface area contributed by atoms with Gasteiger partial charge in [0.1, 0.15) is 11.6 Å². The first-order valence-electron chi connectivity index (χ1n) is 12.2. The number of para-hydroxylation sites is 2. The highest BCUT2D eigenvalue weighted by molar-refractivity contribution is 6.23. The molecule has 1 atom stereocenters. The second-order valence-electron chi connectivity index (χ2n) is 9.05. The van der Waals surface area contributed by atoms with Crippen molar-refractivity contribution < 1.29 is 28.3 Å². The lowest BCUT2D eigenvalue weighted by Gasteiger charge is -2.30. The molecule has 2 heterocycles. The molecule has 0 radical (unpaired) electrons. The predicted octanol–water partition coefficient (Wildman–Crippen LogP) is 4.20. The van der Waals surface area contributed by atoms with Gasteiger partial charge in [-0.3, -0.25) is 14.4 Å². The molecule has 1 unspecified atom stereocenters. The Bertz CT molecular complexity index is 1460. The minimum absolute atomic E-state index is 0.0199. The van der Waals surface area contributed by atoms with Crippen molar-refractivity contribution in [2.24, 2.45) is 0 Å². The van der Waals surface area contributed by atoms with E-state index >= 15 is 0 Å². The molecule has 38 heavy (non-hydrogen) atoms. The van der Waals surface area contributed by atoms with Crippen molar-refractivity contribution in [1.82, 2.24) is 9.88 Å². The second kappa shape index (κ2) is 10.6. The number of rotatable bonds is 8. The molecule has 1 aromatic heterocycles. The van der Waals surface area contributed by atoms with E-state index < -0.39 is 24.1 Å². The summed E-state index contributed by atoms with van der Waals surface area (Å²) in [5.41, 5.74) is 3.84. The van der Waals surface area contributed by atoms with E-state index in [-0.39, 0.29) is 18.9 Å². The lowest BCUT2D eigenvalue weighted by atomic mass is 10.1. The van der Waals surface area contributed by atoms with Crippen LogP contribution in [-0.4, -0.2) is 60.7 Å². The number of amides is 3. The predicted molar refractivity (Wildman–Crippen MR) is 140 cm³/mol. The van der Waals surface area contributed by atoms with Gasteiger partial charge in [0.25, 0.3) is 11.8 Å². The molecule has 0 spiro atoms. The third-order valence-electron chi connectivity index (χ3n) is 6.56. The summed E-state index contributed by atoms with van der Waals surface area (Å²) in [4.78, 5) is 47.2. The molecule has 0 saturated carbocycles. The standard InChI is InChI=1S/C29H27N3O6/c1-18-7-6-8-20(15-18)28(34)31(17-26(36-2)37-3)23-16-25(33)32(29(23)35)21-13-11-19(12-14-21)27-30-22-9-4-5-10-24(22)38-27/h4-15,23,26H,16-17H2,1-3H3. The Hall–Kier alpha value is -4.34. The van der Waals surface area contributed by atoms with E-state index in [4.69, 9.17) is 13.9 Å². The van der Waals surface area contributed by atoms with Crippen molar-refractivity contribution >= 4 is 34.5 Å². The quantitative estimate of drug-likeness (QED) is 0.257. The van der Waals surface area contributed by atoms with Crippen LogP contribution >= 0.6 is 0 Å². The lowest BCUT2D eigenvalue weighted by molar-refractivity contribution is -0.128. The van der Waals surface area contributed by atoms with Crippen molar-refractivity contribution in [3.8, 4) is 11.5 Å². The van der Waals surface area contributed by atoms with Gasteiger partial charge in [0, 0.05) is 25.3 Å². The summed E-state index contributed by atoms with van der Waals surface area (Å²) in [6.07, 6.45) is -0.917. The summed E-state index contributed by atoms with van der Waals surface area (Å²) in [6.45, 7) is 1.86. The van der Waals surface area contributed by atoms with Crippen molar-refractivity contribution in [3.63, 3.8) is 0 Å². The van der Waals surface area contributed by atoms with Crippen molar-refractivity contribution in [2.75, 3.05) is 25.7 Å². The molecule has 3 aromatic carbocycles. The van der Waals surface area contributed by atoms with Gasteiger partial charge in [0.15, 0.2) is 11.9 Å². The van der Waals surface area contributed by atoms with Gasteiger partial charge in [-0.15, -0.1) is 0 Å². The Morgan fingerprint density at radius 3 is 2.47 bits per heavy atom. The smallest absolute Gasteiger partial charge is 0.257 e. The Balaban J connectivity index is 1.42. The molecule has 1 fully saturated rings. The SMILES string of the molecule is COC(CN(C(=O)c1cccc(C)c1)C1CC(=O)N(c2ccc(-c3nc4ccccc4o3)cc2)C1=O)OC. The summed E-state index contributed by atoms with van der Waals surface area (Å²) in [5, 5.41) is 0. The van der Waals surface area contributed by atoms with Gasteiger partial charge in [0.2, 0.25) is 11.8 Å². The number of nitrogens with zero attached hydrogens (tertiary/aromatic N) is 3. The van der Waals surface area contributed by atoms with Crippen molar-refractivity contribution in [3.05, 3.63) is 83.9 Å². The highest BCUT2D eigenvalue weighted by atomic mass is 16.7. The number of hydrogen-bond acceptors (Lipinski definition) is 7. The first kappa shape index (κ1) is 25.3. The van der Waals surface area contributed by atoms with Gasteiger partial charge in [0.05, 0.1) is 18.7 Å². The maximum atomic E-state index is 13.6. The van der Waals surface area contributed by atoms with Crippen LogP contribution in [0.3, 0.4) is 0 Å². The van der Waals surface area contributed by atoms with E-state index in [1.54, 1.807) is 42.5 Å². The fourth-order valence-electron chi connectivity index (χ4n) is 4.58. The van der Waals surface area contributed by atoms with Crippen LogP contribution in [0.5, 0.6) is 0 Å². The Kier molecular flexibility index (Phi) is 7.04. The number of hydrogen-bond donors (Lipinski definition) is 0. The Morgan fingerprint density at radius 1 is 1.05 bits per heavy atom. The number of benzene rings is 3. The fraction of sp³-hybridized carbons (Fsp3) is 0.241. The summed E-state index contributed by atoms with van der Waals surface area (Å²) >= 11 is 0. The topological polar surface area (TPSA) is 102 Å². The van der Waals surface area contributed by atoms with Crippen LogP contribution in [0, 0.1) is 6.92 Å². The monoisotopic (exact) mass is 513 g/mol. The number of fused-ring (bicyclic) bond motifs is 1. The third-order valence-corrected chi connectivity index (χ3v) is 6.56. The number of carbonyl (C=O) groups is 3. The maximum Gasteiger partial charge on any atom is 0.257 e. The van der Waals surface area contributed by atoms with Crippen LogP contribution in [0.4, 0.5) is 5.69 Å². The number of aromatic nitrogens is 1. The van der Waals surface area contributed by atoms with Gasteiger partial charge >= 0.3 is 0 Å². The molecule has 3 amide bonds. The molecule has 9 heteroatoms. The van der Waals surface area contributed by atoms with Crippen LogP contribution in [0.1, 0.15) is 22.3 Å². The number of aryl methyl sites for hydroxylation is 1. The van der Waals surface area contributed by atoms with Gasteiger partial charge in [-0.2, -0.15) is 0 Å². The summed E-state index contributed by atoms with van der Waals surface area (Å²) in [5.74, 6) is -0.832. The zero-order chi connectivity index (χ0) is 26.8. The van der Waals surface area contributed by atoms with E-state index in [0.717, 1.165) is 16.0 Å². The maximum absolute atomic E-state index is 13.6. The largest absolute Gasteiger partial charge is 0.436 e. The number of carbonyl (C=O) groups excluding carboxylic acids is 3. The van der Waals surface area contributed by atoms with Crippen LogP contribution in [-0.2, 0) is 19.1 Å². The second-order valence-corrected chi connectivity index (χ2v) is 9.05. The summed E-state index contributed by atoms with van der Waals surface area (Å²) in [6, 6.07) is 20.4. The van der Waals surface area contributed by atoms with E-state index in [2.05, 4.69) is 4.98 Å². The van der Waals surface area contributed by atoms with E-state index in [1.165, 1.54) is 19.1 Å². The van der Waals surface area contributed by atoms with Crippen LogP contribution in [0.25, 0.3) is 22.6 Å².